The van der Waals surface area contributed by atoms with Crippen LogP contribution in [0.5, 0.6) is 0 Å². The Kier molecular flexibility index (Phi) is 2.94. The third kappa shape index (κ3) is 1.75. The van der Waals surface area contributed by atoms with Gasteiger partial charge in [-0.05, 0) is 5.92 Å². The van der Waals surface area contributed by atoms with Gasteiger partial charge in [0.25, 0.3) is 0 Å². The van der Waals surface area contributed by atoms with Gasteiger partial charge in [-0.15, -0.1) is 0 Å². The lowest BCUT2D eigenvalue weighted by Crippen LogP contribution is -2.47. The molecule has 0 saturated carbocycles. The molecule has 4 atom stereocenters. The number of hydrogen-bond acceptors (Lipinski definition) is 6. The Morgan fingerprint density at radius 3 is 3.10 bits per heavy atom. The first kappa shape index (κ1) is 13.4. The van der Waals surface area contributed by atoms with Gasteiger partial charge in [0.2, 0.25) is 0 Å². The van der Waals surface area contributed by atoms with E-state index < -0.39 is 5.60 Å². The molecule has 1 unspecified atom stereocenters. The van der Waals surface area contributed by atoms with E-state index in [0.29, 0.717) is 29.5 Å². The second-order valence-electron chi connectivity index (χ2n) is 5.69. The highest BCUT2D eigenvalue weighted by atomic mass is 35.5. The predicted molar refractivity (Wildman–Crippen MR) is 73.7 cm³/mol. The lowest BCUT2D eigenvalue weighted by atomic mass is 9.81. The Balaban J connectivity index is 1.81. The molecule has 2 aromatic rings. The van der Waals surface area contributed by atoms with Crippen molar-refractivity contribution in [3.05, 3.63) is 17.8 Å². The highest BCUT2D eigenvalue weighted by Crippen LogP contribution is 2.49. The predicted octanol–water partition coefficient (Wildman–Crippen LogP) is 1.02. The summed E-state index contributed by atoms with van der Waals surface area (Å²) in [6.07, 6.45) is 2.80. The molecule has 1 N–H and O–H groups in total. The fourth-order valence-electron chi connectivity index (χ4n) is 3.33. The summed E-state index contributed by atoms with van der Waals surface area (Å²) in [5.41, 5.74) is 0.532. The molecular formula is C13H15ClN4O3. The molecule has 2 aliphatic rings. The topological polar surface area (TPSA) is 82.3 Å². The van der Waals surface area contributed by atoms with E-state index in [-0.39, 0.29) is 24.7 Å². The van der Waals surface area contributed by atoms with Crippen LogP contribution in [0, 0.1) is 11.8 Å². The van der Waals surface area contributed by atoms with Crippen LogP contribution in [-0.2, 0) is 9.47 Å². The van der Waals surface area contributed by atoms with Gasteiger partial charge in [-0.25, -0.2) is 15.0 Å². The van der Waals surface area contributed by atoms with Crippen molar-refractivity contribution in [3.63, 3.8) is 0 Å². The van der Waals surface area contributed by atoms with E-state index in [0.717, 1.165) is 0 Å². The lowest BCUT2D eigenvalue weighted by molar-refractivity contribution is -0.138. The van der Waals surface area contributed by atoms with Gasteiger partial charge in [0.15, 0.2) is 10.8 Å². The average Bonchev–Trinajstić information content (AvgIpc) is 2.96. The van der Waals surface area contributed by atoms with Gasteiger partial charge in [0.1, 0.15) is 23.7 Å². The van der Waals surface area contributed by atoms with Gasteiger partial charge in [0.05, 0.1) is 26.1 Å². The molecule has 7 nitrogen and oxygen atoms in total. The summed E-state index contributed by atoms with van der Waals surface area (Å²) in [5, 5.41) is 10.1. The smallest absolute Gasteiger partial charge is 0.166 e. The maximum absolute atomic E-state index is 9.73. The van der Waals surface area contributed by atoms with Crippen LogP contribution in [0.3, 0.4) is 0 Å². The van der Waals surface area contributed by atoms with E-state index in [1.54, 1.807) is 6.33 Å². The van der Waals surface area contributed by atoms with Crippen molar-refractivity contribution in [1.82, 2.24) is 19.5 Å². The molecular weight excluding hydrogens is 296 g/mol. The molecule has 2 aliphatic heterocycles. The number of fused-ring (bicyclic) bond motifs is 3. The number of aliphatic hydroxyl groups excluding tert-OH is 1. The number of imidazole rings is 1. The van der Waals surface area contributed by atoms with E-state index in [4.69, 9.17) is 21.1 Å². The molecule has 2 bridgehead atoms. The van der Waals surface area contributed by atoms with Crippen molar-refractivity contribution in [2.45, 2.75) is 18.8 Å². The molecule has 2 aromatic heterocycles. The molecule has 4 rings (SSSR count). The molecule has 0 radical (unpaired) electrons. The van der Waals surface area contributed by atoms with Gasteiger partial charge in [0, 0.05) is 5.92 Å². The van der Waals surface area contributed by atoms with Gasteiger partial charge < -0.3 is 14.6 Å². The zero-order chi connectivity index (χ0) is 14.6. The first-order valence-electron chi connectivity index (χ1n) is 6.86. The van der Waals surface area contributed by atoms with Crippen molar-refractivity contribution in [2.24, 2.45) is 11.8 Å². The molecule has 0 aliphatic carbocycles. The Bertz CT molecular complexity index is 693. The summed E-state index contributed by atoms with van der Waals surface area (Å²) in [6.45, 7) is 3.01. The second-order valence-corrected chi connectivity index (χ2v) is 6.05. The Morgan fingerprint density at radius 1 is 1.48 bits per heavy atom. The minimum absolute atomic E-state index is 0.0659. The van der Waals surface area contributed by atoms with Crippen molar-refractivity contribution in [2.75, 3.05) is 19.8 Å². The van der Waals surface area contributed by atoms with Crippen LogP contribution >= 0.6 is 11.6 Å². The summed E-state index contributed by atoms with van der Waals surface area (Å²) in [5.74, 6) is 0.327. The maximum Gasteiger partial charge on any atom is 0.166 e. The minimum Gasteiger partial charge on any atom is -0.393 e. The number of aromatic nitrogens is 4. The van der Waals surface area contributed by atoms with Gasteiger partial charge in [-0.3, -0.25) is 4.57 Å². The fourth-order valence-corrected chi connectivity index (χ4v) is 3.51. The van der Waals surface area contributed by atoms with E-state index in [1.165, 1.54) is 6.33 Å². The summed E-state index contributed by atoms with van der Waals surface area (Å²) in [4.78, 5) is 12.5. The highest BCUT2D eigenvalue weighted by Gasteiger charge is 2.56. The molecule has 2 saturated heterocycles. The zero-order valence-electron chi connectivity index (χ0n) is 11.4. The molecule has 21 heavy (non-hydrogen) atoms. The Labute approximate surface area is 125 Å². The average molecular weight is 311 g/mol. The van der Waals surface area contributed by atoms with Crippen LogP contribution in [0.4, 0.5) is 0 Å². The van der Waals surface area contributed by atoms with Crippen molar-refractivity contribution in [1.29, 1.82) is 0 Å². The number of ether oxygens (including phenoxy) is 2. The molecule has 0 amide bonds. The zero-order valence-corrected chi connectivity index (χ0v) is 12.2. The number of nitrogens with zero attached hydrogens (tertiary/aromatic N) is 4. The lowest BCUT2D eigenvalue weighted by Gasteiger charge is -2.34. The SMILES string of the molecule is C[C@@H]1C2COC[C@]1(CO)O[C@H]2n1cnc2c(Cl)ncnc21. The van der Waals surface area contributed by atoms with E-state index in [1.807, 2.05) is 4.57 Å². The van der Waals surface area contributed by atoms with E-state index in [2.05, 4.69) is 21.9 Å². The molecule has 2 fully saturated rings. The number of rotatable bonds is 2. The molecule has 0 aromatic carbocycles. The Hall–Kier alpha value is -1.28. The summed E-state index contributed by atoms with van der Waals surface area (Å²) in [6, 6.07) is 0. The monoisotopic (exact) mass is 310 g/mol. The van der Waals surface area contributed by atoms with Gasteiger partial charge in [-0.2, -0.15) is 0 Å². The normalized spacial score (nSPS) is 35.5. The first-order valence-corrected chi connectivity index (χ1v) is 7.23. The number of halogens is 1. The third-order valence-corrected chi connectivity index (χ3v) is 4.98. The molecule has 0 spiro atoms. The summed E-state index contributed by atoms with van der Waals surface area (Å²) < 4.78 is 13.6. The van der Waals surface area contributed by atoms with Crippen molar-refractivity contribution >= 4 is 22.8 Å². The van der Waals surface area contributed by atoms with Crippen molar-refractivity contribution in [3.8, 4) is 0 Å². The van der Waals surface area contributed by atoms with Crippen LogP contribution in [0.1, 0.15) is 13.2 Å². The van der Waals surface area contributed by atoms with E-state index in [9.17, 15) is 5.11 Å². The standard InChI is InChI=1S/C13H15ClN4O3/c1-7-8-2-20-4-13(7,3-19)21-12(8)18-6-17-9-10(14)15-5-16-11(9)18/h5-8,12,19H,2-4H2,1H3/t7-,8?,12-,13+/m1/s1. The molecule has 4 heterocycles. The van der Waals surface area contributed by atoms with Crippen LogP contribution in [-0.4, -0.2) is 50.0 Å². The maximum atomic E-state index is 9.73. The van der Waals surface area contributed by atoms with Gasteiger partial charge in [-0.1, -0.05) is 18.5 Å². The second kappa shape index (κ2) is 4.61. The largest absolute Gasteiger partial charge is 0.393 e. The summed E-state index contributed by atoms with van der Waals surface area (Å²) >= 11 is 6.04. The molecule has 8 heteroatoms. The number of hydrogen-bond donors (Lipinski definition) is 1. The minimum atomic E-state index is -0.652. The van der Waals surface area contributed by atoms with Crippen molar-refractivity contribution < 1.29 is 14.6 Å². The van der Waals surface area contributed by atoms with Crippen LogP contribution in [0.15, 0.2) is 12.7 Å². The number of aliphatic hydroxyl groups is 1. The van der Waals surface area contributed by atoms with Crippen LogP contribution < -0.4 is 0 Å². The third-order valence-electron chi connectivity index (χ3n) is 4.71. The summed E-state index contributed by atoms with van der Waals surface area (Å²) in [7, 11) is 0. The highest BCUT2D eigenvalue weighted by molar-refractivity contribution is 6.33. The van der Waals surface area contributed by atoms with Crippen LogP contribution in [0.25, 0.3) is 11.2 Å². The van der Waals surface area contributed by atoms with Gasteiger partial charge >= 0.3 is 0 Å². The van der Waals surface area contributed by atoms with E-state index >= 15 is 0 Å². The quantitative estimate of drug-likeness (QED) is 0.834. The van der Waals surface area contributed by atoms with Crippen LogP contribution in [0.2, 0.25) is 5.15 Å². The first-order chi connectivity index (χ1) is 10.2. The Morgan fingerprint density at radius 2 is 2.33 bits per heavy atom. The fraction of sp³-hybridized carbons (Fsp3) is 0.615. The molecule has 112 valence electrons.